The van der Waals surface area contributed by atoms with E-state index in [9.17, 15) is 8.78 Å². The van der Waals surface area contributed by atoms with Crippen LogP contribution < -0.4 is 0 Å². The summed E-state index contributed by atoms with van der Waals surface area (Å²) in [5.41, 5.74) is 0. The first-order chi connectivity index (χ1) is 11.1. The van der Waals surface area contributed by atoms with Crippen molar-refractivity contribution in [1.29, 1.82) is 0 Å². The number of fused-ring (bicyclic) bond motifs is 1. The van der Waals surface area contributed by atoms with Crippen LogP contribution in [0.1, 0.15) is 51.9 Å². The second-order valence-corrected chi connectivity index (χ2v) is 7.62. The molecular formula is C18H30F2O3. The van der Waals surface area contributed by atoms with Gasteiger partial charge >= 0.3 is 0 Å². The average Bonchev–Trinajstić information content (AvgIpc) is 2.58. The van der Waals surface area contributed by atoms with Crippen molar-refractivity contribution in [3.63, 3.8) is 0 Å². The van der Waals surface area contributed by atoms with E-state index in [2.05, 4.69) is 0 Å². The molecule has 3 aliphatic rings. The van der Waals surface area contributed by atoms with Gasteiger partial charge in [0.2, 0.25) is 0 Å². The van der Waals surface area contributed by atoms with Crippen LogP contribution >= 0.6 is 0 Å². The topological polar surface area (TPSA) is 27.7 Å². The normalized spacial score (nSPS) is 48.0. The molecule has 3 rings (SSSR count). The Morgan fingerprint density at radius 3 is 2.43 bits per heavy atom. The molecule has 1 saturated heterocycles. The summed E-state index contributed by atoms with van der Waals surface area (Å²) in [6.07, 6.45) is 2.70. The van der Waals surface area contributed by atoms with Crippen molar-refractivity contribution in [2.45, 2.75) is 88.6 Å². The molecule has 5 heteroatoms. The highest BCUT2D eigenvalue weighted by atomic mass is 19.2. The molecule has 3 fully saturated rings. The Bertz CT molecular complexity index is 371. The average molecular weight is 332 g/mol. The van der Waals surface area contributed by atoms with E-state index in [1.165, 1.54) is 0 Å². The second kappa shape index (κ2) is 7.75. The van der Waals surface area contributed by atoms with Crippen molar-refractivity contribution < 1.29 is 23.0 Å². The smallest absolute Gasteiger partial charge is 0.160 e. The van der Waals surface area contributed by atoms with Crippen LogP contribution in [-0.4, -0.2) is 50.5 Å². The first-order valence-corrected chi connectivity index (χ1v) is 9.16. The van der Waals surface area contributed by atoms with Crippen molar-refractivity contribution in [3.05, 3.63) is 0 Å². The number of alkyl halides is 2. The number of halogens is 2. The molecule has 2 saturated carbocycles. The molecule has 2 aliphatic carbocycles. The van der Waals surface area contributed by atoms with E-state index in [0.29, 0.717) is 25.0 Å². The van der Waals surface area contributed by atoms with Gasteiger partial charge in [0.25, 0.3) is 0 Å². The third kappa shape index (κ3) is 4.05. The highest BCUT2D eigenvalue weighted by molar-refractivity contribution is 4.97. The van der Waals surface area contributed by atoms with Gasteiger partial charge in [-0.05, 0) is 63.7 Å². The summed E-state index contributed by atoms with van der Waals surface area (Å²) in [6, 6.07) is 0. The molecule has 1 aliphatic heterocycles. The molecule has 0 spiro atoms. The molecule has 0 aromatic rings. The fourth-order valence-corrected chi connectivity index (χ4v) is 4.42. The largest absolute Gasteiger partial charge is 0.381 e. The van der Waals surface area contributed by atoms with Gasteiger partial charge < -0.3 is 14.2 Å². The Labute approximate surface area is 138 Å². The van der Waals surface area contributed by atoms with E-state index in [4.69, 9.17) is 14.2 Å². The van der Waals surface area contributed by atoms with Crippen molar-refractivity contribution in [3.8, 4) is 0 Å². The van der Waals surface area contributed by atoms with Gasteiger partial charge in [-0.1, -0.05) is 0 Å². The lowest BCUT2D eigenvalue weighted by Gasteiger charge is -2.44. The molecule has 6 unspecified atom stereocenters. The number of methoxy groups -OCH3 is 1. The Morgan fingerprint density at radius 2 is 1.74 bits per heavy atom. The van der Waals surface area contributed by atoms with Crippen LogP contribution in [0.4, 0.5) is 8.78 Å². The molecule has 0 radical (unpaired) electrons. The van der Waals surface area contributed by atoms with Gasteiger partial charge in [-0.2, -0.15) is 0 Å². The third-order valence-corrected chi connectivity index (χ3v) is 5.98. The van der Waals surface area contributed by atoms with Crippen molar-refractivity contribution in [2.24, 2.45) is 11.8 Å². The van der Waals surface area contributed by atoms with Crippen molar-refractivity contribution in [1.82, 2.24) is 0 Å². The van der Waals surface area contributed by atoms with Crippen LogP contribution in [-0.2, 0) is 14.2 Å². The highest BCUT2D eigenvalue weighted by Crippen LogP contribution is 2.40. The predicted octanol–water partition coefficient (Wildman–Crippen LogP) is 3.84. The first kappa shape index (κ1) is 17.6. The van der Waals surface area contributed by atoms with Gasteiger partial charge in [-0.3, -0.25) is 0 Å². The molecular weight excluding hydrogens is 302 g/mol. The summed E-state index contributed by atoms with van der Waals surface area (Å²) in [4.78, 5) is 0. The van der Waals surface area contributed by atoms with Crippen LogP contribution in [0.5, 0.6) is 0 Å². The van der Waals surface area contributed by atoms with E-state index in [0.717, 1.165) is 38.5 Å². The Balaban J connectivity index is 1.49. The maximum atomic E-state index is 14.4. The van der Waals surface area contributed by atoms with Crippen LogP contribution in [0.2, 0.25) is 0 Å². The predicted molar refractivity (Wildman–Crippen MR) is 84.0 cm³/mol. The number of ether oxygens (including phenoxy) is 3. The summed E-state index contributed by atoms with van der Waals surface area (Å²) < 4.78 is 45.7. The molecule has 134 valence electrons. The standard InChI is InChI=1S/C18H30F2O3/c1-11-3-6-13-9-15(16(19)17(20)18(13)23-11)22-10-12-4-7-14(21-2)8-5-12/h11-18H,3-10H2,1-2H3. The van der Waals surface area contributed by atoms with Gasteiger partial charge in [0.15, 0.2) is 12.3 Å². The molecule has 6 atom stereocenters. The number of rotatable bonds is 4. The maximum Gasteiger partial charge on any atom is 0.160 e. The van der Waals surface area contributed by atoms with E-state index in [-0.39, 0.29) is 12.0 Å². The number of hydrogen-bond acceptors (Lipinski definition) is 3. The van der Waals surface area contributed by atoms with Gasteiger partial charge in [0, 0.05) is 13.7 Å². The third-order valence-electron chi connectivity index (χ3n) is 5.98. The monoisotopic (exact) mass is 332 g/mol. The fraction of sp³-hybridized carbons (Fsp3) is 1.00. The summed E-state index contributed by atoms with van der Waals surface area (Å²) in [7, 11) is 1.75. The molecule has 0 aromatic heterocycles. The minimum absolute atomic E-state index is 0.0372. The van der Waals surface area contributed by atoms with Gasteiger partial charge in [-0.25, -0.2) is 8.78 Å². The van der Waals surface area contributed by atoms with Gasteiger partial charge in [0.1, 0.15) is 0 Å². The lowest BCUT2D eigenvalue weighted by Crippen LogP contribution is -2.54. The zero-order valence-corrected chi connectivity index (χ0v) is 14.3. The van der Waals surface area contributed by atoms with E-state index in [1.807, 2.05) is 6.92 Å². The van der Waals surface area contributed by atoms with Gasteiger partial charge in [-0.15, -0.1) is 0 Å². The van der Waals surface area contributed by atoms with Crippen molar-refractivity contribution >= 4 is 0 Å². The molecule has 0 amide bonds. The Kier molecular flexibility index (Phi) is 5.92. The molecule has 0 N–H and O–H groups in total. The molecule has 23 heavy (non-hydrogen) atoms. The van der Waals surface area contributed by atoms with E-state index in [1.54, 1.807) is 7.11 Å². The second-order valence-electron chi connectivity index (χ2n) is 7.62. The van der Waals surface area contributed by atoms with E-state index >= 15 is 0 Å². The molecule has 0 bridgehead atoms. The Morgan fingerprint density at radius 1 is 1.00 bits per heavy atom. The summed E-state index contributed by atoms with van der Waals surface area (Å²) in [5, 5.41) is 0. The summed E-state index contributed by atoms with van der Waals surface area (Å²) in [6.45, 7) is 2.48. The Hall–Kier alpha value is -0.260. The minimum Gasteiger partial charge on any atom is -0.381 e. The van der Waals surface area contributed by atoms with Crippen LogP contribution in [0.25, 0.3) is 0 Å². The van der Waals surface area contributed by atoms with Crippen LogP contribution in [0.3, 0.4) is 0 Å². The summed E-state index contributed by atoms with van der Waals surface area (Å²) in [5.74, 6) is 0.550. The highest BCUT2D eigenvalue weighted by Gasteiger charge is 2.49. The molecule has 1 heterocycles. The molecule has 3 nitrogen and oxygen atoms in total. The summed E-state index contributed by atoms with van der Waals surface area (Å²) >= 11 is 0. The molecule has 0 aromatic carbocycles. The van der Waals surface area contributed by atoms with Gasteiger partial charge in [0.05, 0.1) is 24.4 Å². The minimum atomic E-state index is -1.56. The zero-order valence-electron chi connectivity index (χ0n) is 14.3. The van der Waals surface area contributed by atoms with Crippen LogP contribution in [0, 0.1) is 11.8 Å². The quantitative estimate of drug-likeness (QED) is 0.783. The SMILES string of the molecule is COC1CCC(COC2CC3CCC(C)OC3C(F)C2F)CC1. The van der Waals surface area contributed by atoms with Crippen molar-refractivity contribution in [2.75, 3.05) is 13.7 Å². The number of hydrogen-bond donors (Lipinski definition) is 0. The van der Waals surface area contributed by atoms with Crippen LogP contribution in [0.15, 0.2) is 0 Å². The fourth-order valence-electron chi connectivity index (χ4n) is 4.42. The zero-order chi connectivity index (χ0) is 16.4. The lowest BCUT2D eigenvalue weighted by atomic mass is 9.77. The lowest BCUT2D eigenvalue weighted by molar-refractivity contribution is -0.181. The maximum absolute atomic E-state index is 14.4. The first-order valence-electron chi connectivity index (χ1n) is 9.16. The van der Waals surface area contributed by atoms with E-state index < -0.39 is 24.6 Å².